The van der Waals surface area contributed by atoms with Gasteiger partial charge in [0.25, 0.3) is 5.91 Å². The Bertz CT molecular complexity index is 747. The number of amides is 2. The van der Waals surface area contributed by atoms with E-state index in [-0.39, 0.29) is 12.5 Å². The molecule has 2 amide bonds. The topological polar surface area (TPSA) is 102 Å². The molecule has 1 rings (SSSR count). The zero-order chi connectivity index (χ0) is 21.3. The van der Waals surface area contributed by atoms with Crippen LogP contribution < -0.4 is 5.32 Å². The number of rotatable bonds is 7. The maximum absolute atomic E-state index is 12.0. The van der Waals surface area contributed by atoms with Gasteiger partial charge in [-0.1, -0.05) is 12.1 Å². The van der Waals surface area contributed by atoms with Crippen molar-refractivity contribution in [3.05, 3.63) is 41.5 Å². The highest BCUT2D eigenvalue weighted by Crippen LogP contribution is 2.07. The molecular formula is C20H26N2O6. The van der Waals surface area contributed by atoms with Gasteiger partial charge in [0.1, 0.15) is 0 Å². The maximum atomic E-state index is 12.0. The van der Waals surface area contributed by atoms with Crippen molar-refractivity contribution in [2.75, 3.05) is 27.3 Å². The summed E-state index contributed by atoms with van der Waals surface area (Å²) in [5, 5.41) is 2.74. The molecule has 1 aromatic rings. The van der Waals surface area contributed by atoms with Gasteiger partial charge < -0.3 is 19.7 Å². The van der Waals surface area contributed by atoms with Gasteiger partial charge in [0, 0.05) is 18.7 Å². The molecular weight excluding hydrogens is 364 g/mol. The number of carbonyl (C=O) groups excluding carboxylic acids is 4. The van der Waals surface area contributed by atoms with Gasteiger partial charge in [0.2, 0.25) is 5.91 Å². The molecule has 0 spiro atoms. The lowest BCUT2D eigenvalue weighted by Crippen LogP contribution is -2.46. The minimum atomic E-state index is -0.696. The Hall–Kier alpha value is -3.16. The molecule has 0 fully saturated rings. The molecule has 0 saturated carbocycles. The van der Waals surface area contributed by atoms with Gasteiger partial charge >= 0.3 is 11.9 Å². The number of carbonyl (C=O) groups is 4. The Kier molecular flexibility index (Phi) is 8.37. The standard InChI is InChI=1S/C20H26N2O6/c1-20(2,3)21-16(23)12-22(4)17(24)13-28-18(25)11-8-14-6-9-15(10-7-14)19(26)27-5/h6-11H,12-13H2,1-5H3,(H,21,23)/b11-8+. The summed E-state index contributed by atoms with van der Waals surface area (Å²) < 4.78 is 9.49. The smallest absolute Gasteiger partial charge is 0.337 e. The lowest BCUT2D eigenvalue weighted by Gasteiger charge is -2.23. The highest BCUT2D eigenvalue weighted by Gasteiger charge is 2.18. The minimum Gasteiger partial charge on any atom is -0.465 e. The van der Waals surface area contributed by atoms with Crippen molar-refractivity contribution in [1.29, 1.82) is 0 Å². The second kappa shape index (κ2) is 10.2. The van der Waals surface area contributed by atoms with Gasteiger partial charge in [-0.05, 0) is 44.5 Å². The summed E-state index contributed by atoms with van der Waals surface area (Å²) in [5.74, 6) is -1.94. The number of hydrogen-bond acceptors (Lipinski definition) is 6. The van der Waals surface area contributed by atoms with E-state index in [2.05, 4.69) is 10.1 Å². The zero-order valence-electron chi connectivity index (χ0n) is 16.8. The summed E-state index contributed by atoms with van der Waals surface area (Å²) in [4.78, 5) is 48.0. The number of benzene rings is 1. The van der Waals surface area contributed by atoms with Crippen molar-refractivity contribution in [2.45, 2.75) is 26.3 Å². The van der Waals surface area contributed by atoms with Gasteiger partial charge in [-0.3, -0.25) is 9.59 Å². The van der Waals surface area contributed by atoms with Crippen molar-refractivity contribution in [2.24, 2.45) is 0 Å². The van der Waals surface area contributed by atoms with Crippen LogP contribution in [0, 0.1) is 0 Å². The van der Waals surface area contributed by atoms with Crippen LogP contribution in [0.5, 0.6) is 0 Å². The molecule has 8 nitrogen and oxygen atoms in total. The Balaban J connectivity index is 2.46. The summed E-state index contributed by atoms with van der Waals surface area (Å²) in [6.07, 6.45) is 2.67. The molecule has 0 saturated heterocycles. The normalized spacial score (nSPS) is 11.0. The number of nitrogens with one attached hydrogen (secondary N) is 1. The first-order chi connectivity index (χ1) is 13.0. The molecule has 0 heterocycles. The predicted molar refractivity (Wildman–Crippen MR) is 103 cm³/mol. The van der Waals surface area contributed by atoms with E-state index in [9.17, 15) is 19.2 Å². The second-order valence-corrected chi connectivity index (χ2v) is 7.10. The molecule has 1 N–H and O–H groups in total. The van der Waals surface area contributed by atoms with Crippen LogP contribution in [0.1, 0.15) is 36.7 Å². The average molecular weight is 390 g/mol. The maximum Gasteiger partial charge on any atom is 0.337 e. The van der Waals surface area contributed by atoms with Crippen molar-refractivity contribution in [1.82, 2.24) is 10.2 Å². The third-order valence-electron chi connectivity index (χ3n) is 3.40. The van der Waals surface area contributed by atoms with E-state index in [0.29, 0.717) is 11.1 Å². The largest absolute Gasteiger partial charge is 0.465 e. The van der Waals surface area contributed by atoms with Crippen molar-refractivity contribution in [3.8, 4) is 0 Å². The monoisotopic (exact) mass is 390 g/mol. The van der Waals surface area contributed by atoms with Gasteiger partial charge in [0.05, 0.1) is 19.2 Å². The van der Waals surface area contributed by atoms with E-state index in [4.69, 9.17) is 4.74 Å². The van der Waals surface area contributed by atoms with Crippen LogP contribution in [-0.2, 0) is 23.9 Å². The van der Waals surface area contributed by atoms with Crippen LogP contribution >= 0.6 is 0 Å². The molecule has 28 heavy (non-hydrogen) atoms. The zero-order valence-corrected chi connectivity index (χ0v) is 16.8. The third-order valence-corrected chi connectivity index (χ3v) is 3.40. The second-order valence-electron chi connectivity index (χ2n) is 7.10. The van der Waals surface area contributed by atoms with Gasteiger partial charge in [-0.2, -0.15) is 0 Å². The van der Waals surface area contributed by atoms with Crippen LogP contribution in [0.3, 0.4) is 0 Å². The fourth-order valence-corrected chi connectivity index (χ4v) is 2.06. The fourth-order valence-electron chi connectivity index (χ4n) is 2.06. The first-order valence-corrected chi connectivity index (χ1v) is 8.60. The van der Waals surface area contributed by atoms with Crippen LogP contribution in [0.15, 0.2) is 30.3 Å². The van der Waals surface area contributed by atoms with Crippen molar-refractivity contribution >= 4 is 29.8 Å². The molecule has 0 unspecified atom stereocenters. The van der Waals surface area contributed by atoms with Crippen LogP contribution in [-0.4, -0.2) is 61.5 Å². The molecule has 0 aliphatic carbocycles. The van der Waals surface area contributed by atoms with Crippen molar-refractivity contribution in [3.63, 3.8) is 0 Å². The molecule has 0 bridgehead atoms. The summed E-state index contributed by atoms with van der Waals surface area (Å²) in [7, 11) is 2.75. The van der Waals surface area contributed by atoms with E-state index >= 15 is 0 Å². The van der Waals surface area contributed by atoms with E-state index in [1.165, 1.54) is 31.2 Å². The number of ether oxygens (including phenoxy) is 2. The molecule has 0 radical (unpaired) electrons. The van der Waals surface area contributed by atoms with Crippen LogP contribution in [0.2, 0.25) is 0 Å². The van der Waals surface area contributed by atoms with Crippen LogP contribution in [0.4, 0.5) is 0 Å². The van der Waals surface area contributed by atoms with Gasteiger partial charge in [-0.25, -0.2) is 9.59 Å². The van der Waals surface area contributed by atoms with E-state index < -0.39 is 30.0 Å². The lowest BCUT2D eigenvalue weighted by atomic mass is 10.1. The molecule has 0 atom stereocenters. The summed E-state index contributed by atoms with van der Waals surface area (Å²) in [6, 6.07) is 6.42. The Morgan fingerprint density at radius 3 is 2.25 bits per heavy atom. The SMILES string of the molecule is COC(=O)c1ccc(/C=C/C(=O)OCC(=O)N(C)CC(=O)NC(C)(C)C)cc1. The molecule has 8 heteroatoms. The Morgan fingerprint density at radius 2 is 1.71 bits per heavy atom. The molecule has 1 aromatic carbocycles. The molecule has 0 aliphatic heterocycles. The molecule has 0 aliphatic rings. The first kappa shape index (κ1) is 22.9. The number of esters is 2. The minimum absolute atomic E-state index is 0.129. The predicted octanol–water partition coefficient (Wildman–Crippen LogP) is 1.40. The molecule has 152 valence electrons. The number of nitrogens with zero attached hydrogens (tertiary/aromatic N) is 1. The van der Waals surface area contributed by atoms with Gasteiger partial charge in [-0.15, -0.1) is 0 Å². The summed E-state index contributed by atoms with van der Waals surface area (Å²) >= 11 is 0. The molecule has 0 aromatic heterocycles. The summed E-state index contributed by atoms with van der Waals surface area (Å²) in [5.41, 5.74) is 0.672. The average Bonchev–Trinajstić information content (AvgIpc) is 2.62. The fraction of sp³-hybridized carbons (Fsp3) is 0.400. The van der Waals surface area contributed by atoms with E-state index in [1.807, 2.05) is 20.8 Å². The number of likely N-dealkylation sites (N-methyl/N-ethyl adjacent to an activating group) is 1. The first-order valence-electron chi connectivity index (χ1n) is 8.60. The third kappa shape index (κ3) is 8.48. The number of methoxy groups -OCH3 is 1. The van der Waals surface area contributed by atoms with Crippen molar-refractivity contribution < 1.29 is 28.7 Å². The Labute approximate surface area is 164 Å². The lowest BCUT2D eigenvalue weighted by molar-refractivity contribution is -0.148. The summed E-state index contributed by atoms with van der Waals surface area (Å²) in [6.45, 7) is 4.91. The van der Waals surface area contributed by atoms with Crippen LogP contribution in [0.25, 0.3) is 6.08 Å². The van der Waals surface area contributed by atoms with E-state index in [1.54, 1.807) is 24.3 Å². The highest BCUT2D eigenvalue weighted by atomic mass is 16.5. The number of hydrogen-bond donors (Lipinski definition) is 1. The van der Waals surface area contributed by atoms with E-state index in [0.717, 1.165) is 0 Å². The van der Waals surface area contributed by atoms with Gasteiger partial charge in [0.15, 0.2) is 6.61 Å². The Morgan fingerprint density at radius 1 is 1.11 bits per heavy atom. The quantitative estimate of drug-likeness (QED) is 0.558. The highest BCUT2D eigenvalue weighted by molar-refractivity contribution is 5.91.